The van der Waals surface area contributed by atoms with Crippen LogP contribution in [0, 0.1) is 0 Å². The second-order valence-electron chi connectivity index (χ2n) is 2.23. The zero-order chi connectivity index (χ0) is 8.81. The van der Waals surface area contributed by atoms with E-state index >= 15 is 0 Å². The predicted molar refractivity (Wildman–Crippen MR) is 52.5 cm³/mol. The van der Waals surface area contributed by atoms with Crippen LogP contribution in [-0.2, 0) is 0 Å². The van der Waals surface area contributed by atoms with Crippen LogP contribution in [0.15, 0.2) is 18.3 Å². The Labute approximate surface area is 76.3 Å². The molecule has 4 heteroatoms. The summed E-state index contributed by atoms with van der Waals surface area (Å²) in [5, 5.41) is 0. The number of rotatable bonds is 4. The first-order chi connectivity index (χ1) is 5.84. The van der Waals surface area contributed by atoms with Crippen molar-refractivity contribution in [1.82, 2.24) is 4.98 Å². The number of thioether (sulfide) groups is 1. The summed E-state index contributed by atoms with van der Waals surface area (Å²) in [5.74, 6) is 2.10. The normalized spacial score (nSPS) is 9.75. The number of anilines is 1. The molecule has 0 aliphatic carbocycles. The highest BCUT2D eigenvalue weighted by Crippen LogP contribution is 2.16. The van der Waals surface area contributed by atoms with Crippen molar-refractivity contribution in [2.45, 2.75) is 0 Å². The topological polar surface area (TPSA) is 48.1 Å². The first-order valence-electron chi connectivity index (χ1n) is 3.67. The number of aromatic nitrogens is 1. The lowest BCUT2D eigenvalue weighted by molar-refractivity contribution is 0.345. The van der Waals surface area contributed by atoms with Crippen molar-refractivity contribution in [3.63, 3.8) is 0 Å². The molecule has 0 atom stereocenters. The molecular weight excluding hydrogens is 172 g/mol. The Morgan fingerprint density at radius 2 is 2.50 bits per heavy atom. The van der Waals surface area contributed by atoms with Gasteiger partial charge in [0.05, 0.1) is 6.61 Å². The number of hydrogen-bond donors (Lipinski definition) is 1. The molecule has 66 valence electrons. The second-order valence-corrected chi connectivity index (χ2v) is 3.21. The molecule has 1 aromatic rings. The fourth-order valence-corrected chi connectivity index (χ4v) is 1.01. The molecule has 3 nitrogen and oxygen atoms in total. The van der Waals surface area contributed by atoms with Gasteiger partial charge in [0, 0.05) is 11.9 Å². The minimum absolute atomic E-state index is 0.457. The van der Waals surface area contributed by atoms with Crippen molar-refractivity contribution in [3.05, 3.63) is 18.3 Å². The van der Waals surface area contributed by atoms with Gasteiger partial charge in [0.15, 0.2) is 11.6 Å². The Morgan fingerprint density at radius 1 is 1.67 bits per heavy atom. The average molecular weight is 184 g/mol. The van der Waals surface area contributed by atoms with E-state index in [0.717, 1.165) is 5.75 Å². The van der Waals surface area contributed by atoms with E-state index in [0.29, 0.717) is 18.2 Å². The van der Waals surface area contributed by atoms with Gasteiger partial charge in [-0.1, -0.05) is 0 Å². The van der Waals surface area contributed by atoms with Gasteiger partial charge in [-0.15, -0.1) is 0 Å². The smallest absolute Gasteiger partial charge is 0.166 e. The summed E-state index contributed by atoms with van der Waals surface area (Å²) < 4.78 is 5.37. The fourth-order valence-electron chi connectivity index (χ4n) is 0.760. The third-order valence-corrected chi connectivity index (χ3v) is 1.92. The summed E-state index contributed by atoms with van der Waals surface area (Å²) in [4.78, 5) is 3.90. The summed E-state index contributed by atoms with van der Waals surface area (Å²) in [6.07, 6.45) is 3.69. The fraction of sp³-hybridized carbons (Fsp3) is 0.375. The number of pyridine rings is 1. The molecule has 1 aromatic heterocycles. The van der Waals surface area contributed by atoms with Crippen LogP contribution in [0.25, 0.3) is 0 Å². The first-order valence-corrected chi connectivity index (χ1v) is 5.06. The molecule has 0 radical (unpaired) electrons. The standard InChI is InChI=1S/C8H12N2OS/c1-12-6-5-11-7-3-2-4-10-8(7)9/h2-4H,5-6H2,1H3,(H2,9,10). The minimum Gasteiger partial charge on any atom is -0.489 e. The molecular formula is C8H12N2OS. The van der Waals surface area contributed by atoms with Crippen LogP contribution in [-0.4, -0.2) is 23.6 Å². The van der Waals surface area contributed by atoms with Gasteiger partial charge in [-0.2, -0.15) is 11.8 Å². The number of ether oxygens (including phenoxy) is 1. The number of nitrogens with zero attached hydrogens (tertiary/aromatic N) is 1. The van der Waals surface area contributed by atoms with Crippen LogP contribution in [0.2, 0.25) is 0 Å². The maximum Gasteiger partial charge on any atom is 0.166 e. The van der Waals surface area contributed by atoms with Gasteiger partial charge in [-0.05, 0) is 18.4 Å². The molecule has 0 aliphatic heterocycles. The molecule has 1 rings (SSSR count). The molecule has 2 N–H and O–H groups in total. The van der Waals surface area contributed by atoms with E-state index in [4.69, 9.17) is 10.5 Å². The van der Waals surface area contributed by atoms with Crippen molar-refractivity contribution in [2.75, 3.05) is 24.3 Å². The van der Waals surface area contributed by atoms with E-state index in [1.165, 1.54) is 0 Å². The molecule has 0 aromatic carbocycles. The van der Waals surface area contributed by atoms with E-state index in [2.05, 4.69) is 4.98 Å². The average Bonchev–Trinajstić information content (AvgIpc) is 2.09. The van der Waals surface area contributed by atoms with E-state index in [-0.39, 0.29) is 0 Å². The maximum atomic E-state index is 5.56. The lowest BCUT2D eigenvalue weighted by atomic mass is 10.4. The first kappa shape index (κ1) is 9.19. The van der Waals surface area contributed by atoms with Gasteiger partial charge < -0.3 is 10.5 Å². The Hall–Kier alpha value is -0.900. The van der Waals surface area contributed by atoms with E-state index in [1.54, 1.807) is 18.0 Å². The van der Waals surface area contributed by atoms with E-state index in [1.807, 2.05) is 18.4 Å². The quantitative estimate of drug-likeness (QED) is 0.719. The number of nitrogens with two attached hydrogens (primary N) is 1. The Morgan fingerprint density at radius 3 is 3.17 bits per heavy atom. The summed E-state index contributed by atoms with van der Waals surface area (Å²) in [5.41, 5.74) is 5.56. The highest BCUT2D eigenvalue weighted by atomic mass is 32.2. The molecule has 0 spiro atoms. The van der Waals surface area contributed by atoms with Crippen molar-refractivity contribution >= 4 is 17.6 Å². The van der Waals surface area contributed by atoms with Gasteiger partial charge in [0.25, 0.3) is 0 Å². The van der Waals surface area contributed by atoms with E-state index in [9.17, 15) is 0 Å². The Bertz CT molecular complexity index is 242. The molecule has 1 heterocycles. The minimum atomic E-state index is 0.457. The summed E-state index contributed by atoms with van der Waals surface area (Å²) >= 11 is 1.74. The molecule has 0 fully saturated rings. The van der Waals surface area contributed by atoms with Crippen LogP contribution < -0.4 is 10.5 Å². The molecule has 0 unspecified atom stereocenters. The third kappa shape index (κ3) is 2.62. The molecule has 0 saturated carbocycles. The molecule has 12 heavy (non-hydrogen) atoms. The summed E-state index contributed by atoms with van der Waals surface area (Å²) in [6, 6.07) is 3.63. The van der Waals surface area contributed by atoms with Crippen LogP contribution in [0.1, 0.15) is 0 Å². The van der Waals surface area contributed by atoms with Gasteiger partial charge in [-0.3, -0.25) is 0 Å². The summed E-state index contributed by atoms with van der Waals surface area (Å²) in [7, 11) is 0. The molecule has 0 aliphatic rings. The zero-order valence-electron chi connectivity index (χ0n) is 6.99. The Balaban J connectivity index is 2.46. The SMILES string of the molecule is CSCCOc1cccnc1N. The van der Waals surface area contributed by atoms with Crippen LogP contribution in [0.3, 0.4) is 0 Å². The van der Waals surface area contributed by atoms with Crippen molar-refractivity contribution in [3.8, 4) is 5.75 Å². The molecule has 0 bridgehead atoms. The van der Waals surface area contributed by atoms with Crippen molar-refractivity contribution in [1.29, 1.82) is 0 Å². The number of nitrogen functional groups attached to an aromatic ring is 1. The Kier molecular flexibility index (Phi) is 3.73. The van der Waals surface area contributed by atoms with Gasteiger partial charge in [0.1, 0.15) is 0 Å². The molecule has 0 amide bonds. The lowest BCUT2D eigenvalue weighted by Crippen LogP contribution is -2.02. The van der Waals surface area contributed by atoms with Crippen molar-refractivity contribution in [2.24, 2.45) is 0 Å². The summed E-state index contributed by atoms with van der Waals surface area (Å²) in [6.45, 7) is 0.678. The highest BCUT2D eigenvalue weighted by Gasteiger charge is 1.97. The largest absolute Gasteiger partial charge is 0.489 e. The third-order valence-electron chi connectivity index (χ3n) is 1.34. The highest BCUT2D eigenvalue weighted by molar-refractivity contribution is 7.98. The monoisotopic (exact) mass is 184 g/mol. The van der Waals surface area contributed by atoms with Crippen molar-refractivity contribution < 1.29 is 4.74 Å². The van der Waals surface area contributed by atoms with Crippen LogP contribution >= 0.6 is 11.8 Å². The number of hydrogen-bond acceptors (Lipinski definition) is 4. The van der Waals surface area contributed by atoms with Gasteiger partial charge >= 0.3 is 0 Å². The van der Waals surface area contributed by atoms with E-state index < -0.39 is 0 Å². The van der Waals surface area contributed by atoms with Crippen LogP contribution in [0.5, 0.6) is 5.75 Å². The maximum absolute atomic E-state index is 5.56. The second kappa shape index (κ2) is 4.87. The lowest BCUT2D eigenvalue weighted by Gasteiger charge is -2.05. The van der Waals surface area contributed by atoms with Gasteiger partial charge in [0.2, 0.25) is 0 Å². The van der Waals surface area contributed by atoms with Crippen LogP contribution in [0.4, 0.5) is 5.82 Å². The zero-order valence-corrected chi connectivity index (χ0v) is 7.80. The predicted octanol–water partition coefficient (Wildman–Crippen LogP) is 1.41. The molecule has 0 saturated heterocycles. The van der Waals surface area contributed by atoms with Gasteiger partial charge in [-0.25, -0.2) is 4.98 Å².